The minimum atomic E-state index is -4.67. The van der Waals surface area contributed by atoms with Crippen molar-refractivity contribution in [1.82, 2.24) is 0 Å². The summed E-state index contributed by atoms with van der Waals surface area (Å²) in [5.41, 5.74) is 0.592. The standard InChI is InChI=1S/C21H18F3NO2S/c1-4-28-20(26)27-19(16-7-5-6-8-18(16)21(22,23)24)17(12-25)15-10-9-13(2)11-14(15)3/h5-11H,4H2,1-3H3. The first-order valence-corrected chi connectivity index (χ1v) is 9.40. The van der Waals surface area contributed by atoms with E-state index in [1.54, 1.807) is 26.0 Å². The number of benzene rings is 2. The van der Waals surface area contributed by atoms with Crippen LogP contribution >= 0.6 is 11.8 Å². The first kappa shape index (κ1) is 21.6. The highest BCUT2D eigenvalue weighted by Crippen LogP contribution is 2.39. The Kier molecular flexibility index (Phi) is 6.92. The Morgan fingerprint density at radius 2 is 1.82 bits per heavy atom. The second kappa shape index (κ2) is 8.98. The van der Waals surface area contributed by atoms with Crippen LogP contribution in [0, 0.1) is 25.2 Å². The smallest absolute Gasteiger partial charge is 0.416 e. The summed E-state index contributed by atoms with van der Waals surface area (Å²) in [6.45, 7) is 5.33. The summed E-state index contributed by atoms with van der Waals surface area (Å²) in [6.07, 6.45) is -4.67. The second-order valence-corrected chi connectivity index (χ2v) is 7.16. The van der Waals surface area contributed by atoms with Crippen LogP contribution in [-0.2, 0) is 10.9 Å². The van der Waals surface area contributed by atoms with E-state index in [1.807, 2.05) is 19.1 Å². The molecule has 28 heavy (non-hydrogen) atoms. The van der Waals surface area contributed by atoms with Crippen LogP contribution in [0.25, 0.3) is 11.3 Å². The molecule has 7 heteroatoms. The number of carbonyl (C=O) groups excluding carboxylic acids is 1. The van der Waals surface area contributed by atoms with Gasteiger partial charge in [-0.3, -0.25) is 0 Å². The molecule has 0 spiro atoms. The Labute approximate surface area is 165 Å². The highest BCUT2D eigenvalue weighted by Gasteiger charge is 2.35. The Bertz CT molecular complexity index is 959. The number of ether oxygens (including phenoxy) is 1. The van der Waals surface area contributed by atoms with E-state index in [0.29, 0.717) is 16.9 Å². The van der Waals surface area contributed by atoms with E-state index < -0.39 is 22.8 Å². The summed E-state index contributed by atoms with van der Waals surface area (Å²) in [5, 5.41) is 8.98. The molecule has 0 aliphatic rings. The maximum atomic E-state index is 13.5. The van der Waals surface area contributed by atoms with E-state index >= 15 is 0 Å². The van der Waals surface area contributed by atoms with Gasteiger partial charge in [0, 0.05) is 11.3 Å². The molecule has 2 aromatic rings. The van der Waals surface area contributed by atoms with Crippen molar-refractivity contribution in [3.63, 3.8) is 0 Å². The third kappa shape index (κ3) is 4.96. The fraction of sp³-hybridized carbons (Fsp3) is 0.238. The number of carbonyl (C=O) groups is 1. The van der Waals surface area contributed by atoms with Crippen LogP contribution in [-0.4, -0.2) is 11.1 Å². The molecule has 0 aromatic heterocycles. The lowest BCUT2D eigenvalue weighted by Gasteiger charge is -2.17. The Morgan fingerprint density at radius 1 is 1.14 bits per heavy atom. The van der Waals surface area contributed by atoms with E-state index in [9.17, 15) is 23.2 Å². The molecule has 146 valence electrons. The van der Waals surface area contributed by atoms with Crippen molar-refractivity contribution < 1.29 is 22.7 Å². The number of thioether (sulfide) groups is 1. The van der Waals surface area contributed by atoms with Gasteiger partial charge in [-0.25, -0.2) is 4.79 Å². The number of halogens is 3. The van der Waals surface area contributed by atoms with Crippen LogP contribution in [0.5, 0.6) is 0 Å². The van der Waals surface area contributed by atoms with Crippen molar-refractivity contribution in [3.8, 4) is 6.07 Å². The van der Waals surface area contributed by atoms with Gasteiger partial charge in [-0.2, -0.15) is 18.4 Å². The van der Waals surface area contributed by atoms with Gasteiger partial charge < -0.3 is 4.74 Å². The van der Waals surface area contributed by atoms with Gasteiger partial charge in [0.1, 0.15) is 11.6 Å². The van der Waals surface area contributed by atoms with Crippen molar-refractivity contribution in [1.29, 1.82) is 5.26 Å². The summed E-state index contributed by atoms with van der Waals surface area (Å²) in [5.74, 6) is -0.00769. The topological polar surface area (TPSA) is 50.1 Å². The molecule has 0 unspecified atom stereocenters. The molecule has 0 saturated heterocycles. The molecule has 2 aromatic carbocycles. The molecule has 2 rings (SSSR count). The number of hydrogen-bond acceptors (Lipinski definition) is 4. The molecular weight excluding hydrogens is 387 g/mol. The van der Waals surface area contributed by atoms with Gasteiger partial charge in [0.05, 0.1) is 5.56 Å². The van der Waals surface area contributed by atoms with E-state index in [-0.39, 0.29) is 11.1 Å². The zero-order chi connectivity index (χ0) is 20.9. The zero-order valence-electron chi connectivity index (χ0n) is 15.6. The summed E-state index contributed by atoms with van der Waals surface area (Å²) < 4.78 is 45.9. The highest BCUT2D eigenvalue weighted by molar-refractivity contribution is 8.13. The van der Waals surface area contributed by atoms with Gasteiger partial charge in [-0.15, -0.1) is 0 Å². The van der Waals surface area contributed by atoms with Gasteiger partial charge in [0.25, 0.3) is 0 Å². The number of nitrogens with zero attached hydrogens (tertiary/aromatic N) is 1. The number of nitriles is 1. The zero-order valence-corrected chi connectivity index (χ0v) is 16.4. The maximum absolute atomic E-state index is 13.5. The monoisotopic (exact) mass is 405 g/mol. The number of aryl methyl sites for hydroxylation is 2. The van der Waals surface area contributed by atoms with E-state index in [1.165, 1.54) is 18.2 Å². The van der Waals surface area contributed by atoms with Crippen molar-refractivity contribution >= 4 is 28.4 Å². The van der Waals surface area contributed by atoms with E-state index in [0.717, 1.165) is 23.4 Å². The second-order valence-electron chi connectivity index (χ2n) is 5.96. The lowest BCUT2D eigenvalue weighted by Crippen LogP contribution is -2.11. The Balaban J connectivity index is 2.81. The molecule has 0 bridgehead atoms. The molecule has 3 nitrogen and oxygen atoms in total. The minimum Gasteiger partial charge on any atom is -0.416 e. The highest BCUT2D eigenvalue weighted by atomic mass is 32.2. The van der Waals surface area contributed by atoms with E-state index in [2.05, 4.69) is 0 Å². The lowest BCUT2D eigenvalue weighted by molar-refractivity contribution is -0.137. The van der Waals surface area contributed by atoms with Crippen LogP contribution in [0.4, 0.5) is 18.0 Å². The fourth-order valence-corrected chi connectivity index (χ4v) is 3.11. The van der Waals surface area contributed by atoms with Gasteiger partial charge in [0.2, 0.25) is 0 Å². The normalized spacial score (nSPS) is 12.2. The summed E-state index contributed by atoms with van der Waals surface area (Å²) >= 11 is 0.811. The maximum Gasteiger partial charge on any atom is 0.417 e. The average molecular weight is 405 g/mol. The van der Waals surface area contributed by atoms with Gasteiger partial charge in [0.15, 0.2) is 5.76 Å². The quantitative estimate of drug-likeness (QED) is 0.249. The average Bonchev–Trinajstić information content (AvgIpc) is 2.62. The fourth-order valence-electron chi connectivity index (χ4n) is 2.73. The molecular formula is C21H18F3NO2S. The van der Waals surface area contributed by atoms with Crippen LogP contribution < -0.4 is 0 Å². The summed E-state index contributed by atoms with van der Waals surface area (Å²) in [4.78, 5) is 12.1. The lowest BCUT2D eigenvalue weighted by atomic mass is 9.94. The summed E-state index contributed by atoms with van der Waals surface area (Å²) in [6, 6.07) is 11.9. The molecule has 0 heterocycles. The third-order valence-corrected chi connectivity index (χ3v) is 4.52. The number of hydrogen-bond donors (Lipinski definition) is 0. The van der Waals surface area contributed by atoms with Gasteiger partial charge >= 0.3 is 11.5 Å². The van der Waals surface area contributed by atoms with Crippen molar-refractivity contribution in [2.24, 2.45) is 0 Å². The summed E-state index contributed by atoms with van der Waals surface area (Å²) in [7, 11) is 0. The number of alkyl halides is 3. The Morgan fingerprint density at radius 3 is 2.39 bits per heavy atom. The molecule has 0 aliphatic heterocycles. The Hall–Kier alpha value is -2.72. The van der Waals surface area contributed by atoms with Crippen LogP contribution in [0.15, 0.2) is 42.5 Å². The first-order chi connectivity index (χ1) is 13.2. The predicted molar refractivity (Wildman–Crippen MR) is 104 cm³/mol. The molecule has 0 amide bonds. The van der Waals surface area contributed by atoms with Crippen LogP contribution in [0.1, 0.15) is 34.7 Å². The molecule has 0 atom stereocenters. The largest absolute Gasteiger partial charge is 0.417 e. The van der Waals surface area contributed by atoms with Gasteiger partial charge in [-0.1, -0.05) is 48.9 Å². The van der Waals surface area contributed by atoms with E-state index in [4.69, 9.17) is 4.74 Å². The van der Waals surface area contributed by atoms with Crippen molar-refractivity contribution in [2.45, 2.75) is 26.9 Å². The van der Waals surface area contributed by atoms with Crippen LogP contribution in [0.3, 0.4) is 0 Å². The molecule has 0 aliphatic carbocycles. The van der Waals surface area contributed by atoms with Crippen molar-refractivity contribution in [2.75, 3.05) is 5.75 Å². The van der Waals surface area contributed by atoms with Gasteiger partial charge in [-0.05, 0) is 42.8 Å². The molecule has 0 N–H and O–H groups in total. The SMILES string of the molecule is CCSC(=O)OC(=C(C#N)c1ccc(C)cc1C)c1ccccc1C(F)(F)F. The first-order valence-electron chi connectivity index (χ1n) is 8.42. The number of rotatable bonds is 4. The predicted octanol–water partition coefficient (Wildman–Crippen LogP) is 6.60. The number of allylic oxidation sites excluding steroid dienone is 1. The molecule has 0 radical (unpaired) electrons. The minimum absolute atomic E-state index is 0.126. The molecule has 0 fully saturated rings. The molecule has 0 saturated carbocycles. The van der Waals surface area contributed by atoms with Crippen molar-refractivity contribution in [3.05, 3.63) is 70.3 Å². The van der Waals surface area contributed by atoms with Crippen LogP contribution in [0.2, 0.25) is 0 Å². The third-order valence-electron chi connectivity index (χ3n) is 3.91.